The maximum Gasteiger partial charge on any atom is 0.106 e. The molecule has 1 heterocycles. The third-order valence-corrected chi connectivity index (χ3v) is 2.39. The van der Waals surface area contributed by atoms with Crippen molar-refractivity contribution in [1.29, 1.82) is 0 Å². The molecule has 0 amide bonds. The van der Waals surface area contributed by atoms with E-state index in [-0.39, 0.29) is 0 Å². The molecule has 0 spiro atoms. The lowest BCUT2D eigenvalue weighted by Gasteiger charge is -2.02. The van der Waals surface area contributed by atoms with Gasteiger partial charge in [0.1, 0.15) is 5.52 Å². The highest BCUT2D eigenvalue weighted by molar-refractivity contribution is 5.86. The second-order valence-electron chi connectivity index (χ2n) is 3.61. The van der Waals surface area contributed by atoms with Crippen LogP contribution in [-0.2, 0) is 0 Å². The average Bonchev–Trinajstić information content (AvgIpc) is 2.37. The van der Waals surface area contributed by atoms with E-state index in [1.165, 1.54) is 0 Å². The van der Waals surface area contributed by atoms with Crippen LogP contribution in [0.2, 0.25) is 0 Å². The molecule has 0 saturated heterocycles. The van der Waals surface area contributed by atoms with Gasteiger partial charge < -0.3 is 11.1 Å². The number of fused-ring (bicyclic) bond motifs is 1. The van der Waals surface area contributed by atoms with Gasteiger partial charge in [-0.05, 0) is 19.2 Å². The van der Waals surface area contributed by atoms with Crippen molar-refractivity contribution in [3.8, 4) is 11.8 Å². The molecule has 86 valence electrons. The van der Waals surface area contributed by atoms with Gasteiger partial charge in [0.15, 0.2) is 0 Å². The topological polar surface area (TPSA) is 63.8 Å². The Hall–Kier alpha value is -2.12. The maximum atomic E-state index is 5.92. The summed E-state index contributed by atoms with van der Waals surface area (Å²) in [6.45, 7) is 0.864. The Morgan fingerprint density at radius 2 is 2.12 bits per heavy atom. The number of nitrogen functional groups attached to an aromatic ring is 1. The standard InChI is InChI=1S/C13H14N4/c1-15-7-3-2-4-10-11(14)5-6-12-13(10)17-9-8-16-12/h5-6,8-9,15H,3,7,14H2,1H3. The number of nitrogens with zero attached hydrogens (tertiary/aromatic N) is 2. The maximum absolute atomic E-state index is 5.92. The van der Waals surface area contributed by atoms with Crippen LogP contribution in [0.15, 0.2) is 24.5 Å². The van der Waals surface area contributed by atoms with Crippen LogP contribution in [0.25, 0.3) is 11.0 Å². The SMILES string of the molecule is CNCCC#Cc1c(N)ccc2nccnc12. The van der Waals surface area contributed by atoms with E-state index in [9.17, 15) is 0 Å². The molecule has 0 atom stereocenters. The van der Waals surface area contributed by atoms with E-state index in [1.54, 1.807) is 12.4 Å². The van der Waals surface area contributed by atoms with Gasteiger partial charge in [-0.25, -0.2) is 0 Å². The predicted molar refractivity (Wildman–Crippen MR) is 69.4 cm³/mol. The molecule has 2 aromatic rings. The van der Waals surface area contributed by atoms with Gasteiger partial charge in [0.2, 0.25) is 0 Å². The first-order valence-electron chi connectivity index (χ1n) is 5.45. The van der Waals surface area contributed by atoms with Gasteiger partial charge in [0, 0.05) is 31.0 Å². The Balaban J connectivity index is 2.43. The minimum Gasteiger partial charge on any atom is -0.398 e. The molecule has 0 aliphatic rings. The molecule has 0 unspecified atom stereocenters. The Morgan fingerprint density at radius 1 is 1.29 bits per heavy atom. The van der Waals surface area contributed by atoms with Gasteiger partial charge in [-0.3, -0.25) is 9.97 Å². The predicted octanol–water partition coefficient (Wildman–Crippen LogP) is 1.17. The summed E-state index contributed by atoms with van der Waals surface area (Å²) < 4.78 is 0. The number of anilines is 1. The molecule has 1 aromatic heterocycles. The zero-order valence-electron chi connectivity index (χ0n) is 9.70. The fourth-order valence-electron chi connectivity index (χ4n) is 1.52. The van der Waals surface area contributed by atoms with Crippen LogP contribution >= 0.6 is 0 Å². The van der Waals surface area contributed by atoms with Crippen LogP contribution in [-0.4, -0.2) is 23.6 Å². The first-order valence-corrected chi connectivity index (χ1v) is 5.45. The second-order valence-corrected chi connectivity index (χ2v) is 3.61. The van der Waals surface area contributed by atoms with Crippen LogP contribution in [0.5, 0.6) is 0 Å². The van der Waals surface area contributed by atoms with Crippen LogP contribution in [0.4, 0.5) is 5.69 Å². The normalized spacial score (nSPS) is 9.94. The summed E-state index contributed by atoms with van der Waals surface area (Å²) in [7, 11) is 1.90. The van der Waals surface area contributed by atoms with E-state index in [4.69, 9.17) is 5.73 Å². The number of hydrogen-bond acceptors (Lipinski definition) is 4. The fraction of sp³-hybridized carbons (Fsp3) is 0.231. The molecular formula is C13H14N4. The van der Waals surface area contributed by atoms with Crippen molar-refractivity contribution >= 4 is 16.7 Å². The van der Waals surface area contributed by atoms with Crippen LogP contribution in [0.3, 0.4) is 0 Å². The van der Waals surface area contributed by atoms with Gasteiger partial charge in [-0.15, -0.1) is 0 Å². The van der Waals surface area contributed by atoms with Crippen molar-refractivity contribution in [1.82, 2.24) is 15.3 Å². The lowest BCUT2D eigenvalue weighted by Crippen LogP contribution is -2.06. The van der Waals surface area contributed by atoms with Gasteiger partial charge in [-0.2, -0.15) is 0 Å². The molecule has 0 radical (unpaired) electrons. The van der Waals surface area contributed by atoms with Gasteiger partial charge >= 0.3 is 0 Å². The second kappa shape index (κ2) is 5.28. The lowest BCUT2D eigenvalue weighted by atomic mass is 10.1. The molecule has 0 aliphatic heterocycles. The largest absolute Gasteiger partial charge is 0.398 e. The monoisotopic (exact) mass is 226 g/mol. The average molecular weight is 226 g/mol. The third kappa shape index (κ3) is 2.52. The number of hydrogen-bond donors (Lipinski definition) is 2. The van der Waals surface area contributed by atoms with E-state index >= 15 is 0 Å². The Kier molecular flexibility index (Phi) is 3.53. The fourth-order valence-corrected chi connectivity index (χ4v) is 1.52. The first-order chi connectivity index (χ1) is 8.33. The molecule has 0 fully saturated rings. The Bertz CT molecular complexity index is 581. The highest BCUT2D eigenvalue weighted by atomic mass is 14.8. The van der Waals surface area contributed by atoms with Crippen molar-refractivity contribution in [2.45, 2.75) is 6.42 Å². The zero-order chi connectivity index (χ0) is 12.1. The summed E-state index contributed by atoms with van der Waals surface area (Å²) in [6.07, 6.45) is 4.10. The molecule has 17 heavy (non-hydrogen) atoms. The van der Waals surface area contributed by atoms with E-state index in [2.05, 4.69) is 27.1 Å². The van der Waals surface area contributed by atoms with E-state index < -0.39 is 0 Å². The summed E-state index contributed by atoms with van der Waals surface area (Å²) in [5.41, 5.74) is 8.92. The summed E-state index contributed by atoms with van der Waals surface area (Å²) in [6, 6.07) is 3.68. The smallest absolute Gasteiger partial charge is 0.106 e. The van der Waals surface area contributed by atoms with Crippen LogP contribution in [0.1, 0.15) is 12.0 Å². The minimum atomic E-state index is 0.648. The molecule has 4 heteroatoms. The molecule has 3 N–H and O–H groups in total. The highest BCUT2D eigenvalue weighted by Gasteiger charge is 2.04. The molecule has 0 saturated carbocycles. The number of aromatic nitrogens is 2. The molecule has 4 nitrogen and oxygen atoms in total. The van der Waals surface area contributed by atoms with Gasteiger partial charge in [0.25, 0.3) is 0 Å². The molecule has 1 aromatic carbocycles. The number of nitrogens with one attached hydrogen (secondary N) is 1. The number of rotatable bonds is 2. The molecule has 2 rings (SSSR count). The molecular weight excluding hydrogens is 212 g/mol. The number of nitrogens with two attached hydrogens (primary N) is 1. The van der Waals surface area contributed by atoms with Crippen molar-refractivity contribution in [2.75, 3.05) is 19.3 Å². The number of benzene rings is 1. The molecule has 0 bridgehead atoms. The first kappa shape index (κ1) is 11.4. The summed E-state index contributed by atoms with van der Waals surface area (Å²) in [4.78, 5) is 8.51. The Labute approximate surface area is 100 Å². The van der Waals surface area contributed by atoms with Gasteiger partial charge in [0.05, 0.1) is 11.1 Å². The van der Waals surface area contributed by atoms with Crippen molar-refractivity contribution < 1.29 is 0 Å². The van der Waals surface area contributed by atoms with Crippen molar-refractivity contribution in [3.63, 3.8) is 0 Å². The van der Waals surface area contributed by atoms with E-state index in [0.717, 1.165) is 29.6 Å². The zero-order valence-corrected chi connectivity index (χ0v) is 9.70. The van der Waals surface area contributed by atoms with Crippen molar-refractivity contribution in [3.05, 3.63) is 30.1 Å². The molecule has 0 aliphatic carbocycles. The van der Waals surface area contributed by atoms with E-state index in [0.29, 0.717) is 5.69 Å². The highest BCUT2D eigenvalue weighted by Crippen LogP contribution is 2.19. The quantitative estimate of drug-likeness (QED) is 0.458. The van der Waals surface area contributed by atoms with Crippen LogP contribution in [0, 0.1) is 11.8 Å². The van der Waals surface area contributed by atoms with E-state index in [1.807, 2.05) is 19.2 Å². The summed E-state index contributed by atoms with van der Waals surface area (Å²) in [5.74, 6) is 6.15. The van der Waals surface area contributed by atoms with Crippen molar-refractivity contribution in [2.24, 2.45) is 0 Å². The third-order valence-electron chi connectivity index (χ3n) is 2.39. The lowest BCUT2D eigenvalue weighted by molar-refractivity contribution is 0.818. The minimum absolute atomic E-state index is 0.648. The van der Waals surface area contributed by atoms with Crippen LogP contribution < -0.4 is 11.1 Å². The summed E-state index contributed by atoms with van der Waals surface area (Å²) in [5, 5.41) is 3.04. The van der Waals surface area contributed by atoms with Gasteiger partial charge in [-0.1, -0.05) is 11.8 Å². The summed E-state index contributed by atoms with van der Waals surface area (Å²) >= 11 is 0. The Morgan fingerprint density at radius 3 is 2.94 bits per heavy atom.